The Balaban J connectivity index is 1.96. The van der Waals surface area contributed by atoms with Gasteiger partial charge in [0.15, 0.2) is 10.6 Å². The third-order valence-corrected chi connectivity index (χ3v) is 4.54. The maximum absolute atomic E-state index is 12.8. The molecule has 0 unspecified atom stereocenters. The number of aromatic nitrogens is 1. The van der Waals surface area contributed by atoms with E-state index in [1.807, 2.05) is 36.4 Å². The van der Waals surface area contributed by atoms with Crippen LogP contribution in [-0.2, 0) is 6.42 Å². The number of nitrogen functional groups attached to an aromatic ring is 1. The highest BCUT2D eigenvalue weighted by Crippen LogP contribution is 2.30. The third-order valence-electron chi connectivity index (χ3n) is 3.62. The first-order valence-electron chi connectivity index (χ1n) is 6.86. The Kier molecular flexibility index (Phi) is 2.94. The fourth-order valence-electron chi connectivity index (χ4n) is 2.59. The van der Waals surface area contributed by atoms with E-state index in [1.165, 1.54) is 11.3 Å². The van der Waals surface area contributed by atoms with Gasteiger partial charge in [-0.15, -0.1) is 0 Å². The summed E-state index contributed by atoms with van der Waals surface area (Å²) in [4.78, 5) is 17.1. The summed E-state index contributed by atoms with van der Waals surface area (Å²) in [5.41, 5.74) is 8.77. The van der Waals surface area contributed by atoms with E-state index in [2.05, 4.69) is 4.98 Å². The second-order valence-electron chi connectivity index (χ2n) is 5.09. The summed E-state index contributed by atoms with van der Waals surface area (Å²) < 4.78 is 6.44. The molecule has 4 aromatic rings. The molecule has 0 fully saturated rings. The molecule has 0 saturated carbocycles. The van der Waals surface area contributed by atoms with Crippen molar-refractivity contribution in [2.24, 2.45) is 0 Å². The SMILES string of the molecule is Nc1nc2ccc3occ(Cc4ccccc4)c(=O)c3c2s1. The summed E-state index contributed by atoms with van der Waals surface area (Å²) >= 11 is 1.32. The van der Waals surface area contributed by atoms with E-state index in [-0.39, 0.29) is 5.43 Å². The van der Waals surface area contributed by atoms with Gasteiger partial charge in [-0.05, 0) is 17.7 Å². The van der Waals surface area contributed by atoms with Crippen molar-refractivity contribution in [2.75, 3.05) is 5.73 Å². The molecular weight excluding hydrogens is 296 g/mol. The van der Waals surface area contributed by atoms with E-state index in [9.17, 15) is 4.79 Å². The van der Waals surface area contributed by atoms with Crippen molar-refractivity contribution in [3.05, 3.63) is 70.1 Å². The van der Waals surface area contributed by atoms with Gasteiger partial charge in [0.1, 0.15) is 5.58 Å². The lowest BCUT2D eigenvalue weighted by atomic mass is 10.0. The minimum atomic E-state index is -0.0145. The van der Waals surface area contributed by atoms with Gasteiger partial charge in [-0.25, -0.2) is 4.98 Å². The molecule has 0 spiro atoms. The normalized spacial score (nSPS) is 11.3. The van der Waals surface area contributed by atoms with Gasteiger partial charge in [-0.1, -0.05) is 41.7 Å². The molecule has 0 radical (unpaired) electrons. The van der Waals surface area contributed by atoms with Crippen molar-refractivity contribution in [1.82, 2.24) is 4.98 Å². The van der Waals surface area contributed by atoms with Gasteiger partial charge in [0.2, 0.25) is 0 Å². The van der Waals surface area contributed by atoms with Gasteiger partial charge in [0, 0.05) is 12.0 Å². The van der Waals surface area contributed by atoms with Crippen LogP contribution < -0.4 is 11.2 Å². The van der Waals surface area contributed by atoms with E-state index in [1.54, 1.807) is 12.3 Å². The minimum absolute atomic E-state index is 0.0145. The Hall–Kier alpha value is -2.66. The van der Waals surface area contributed by atoms with Crippen molar-refractivity contribution in [3.8, 4) is 0 Å². The maximum atomic E-state index is 12.8. The average molecular weight is 308 g/mol. The zero-order chi connectivity index (χ0) is 15.1. The second kappa shape index (κ2) is 4.96. The molecule has 108 valence electrons. The highest BCUT2D eigenvalue weighted by atomic mass is 32.1. The molecule has 5 heteroatoms. The standard InChI is InChI=1S/C17H12N2O2S/c18-17-19-12-6-7-13-14(16(12)22-17)15(20)11(9-21-13)8-10-4-2-1-3-5-10/h1-7,9H,8H2,(H2,18,19). The molecule has 0 aliphatic carbocycles. The Bertz CT molecular complexity index is 1040. The van der Waals surface area contributed by atoms with Gasteiger partial charge in [-0.3, -0.25) is 4.79 Å². The highest BCUT2D eigenvalue weighted by Gasteiger charge is 2.13. The molecule has 0 saturated heterocycles. The number of fused-ring (bicyclic) bond motifs is 3. The Morgan fingerprint density at radius 1 is 1.14 bits per heavy atom. The van der Waals surface area contributed by atoms with Gasteiger partial charge < -0.3 is 10.2 Å². The fourth-order valence-corrected chi connectivity index (χ4v) is 3.46. The van der Waals surface area contributed by atoms with Crippen LogP contribution in [0.25, 0.3) is 21.2 Å². The zero-order valence-electron chi connectivity index (χ0n) is 11.6. The second-order valence-corrected chi connectivity index (χ2v) is 6.12. The predicted octanol–water partition coefficient (Wildman–Crippen LogP) is 3.58. The summed E-state index contributed by atoms with van der Waals surface area (Å²) in [5.74, 6) is 0. The number of benzene rings is 2. The van der Waals surface area contributed by atoms with Crippen LogP contribution in [0.15, 0.2) is 57.9 Å². The lowest BCUT2D eigenvalue weighted by Crippen LogP contribution is -2.09. The van der Waals surface area contributed by atoms with Crippen LogP contribution in [-0.4, -0.2) is 4.98 Å². The van der Waals surface area contributed by atoms with Crippen molar-refractivity contribution in [3.63, 3.8) is 0 Å². The van der Waals surface area contributed by atoms with Crippen molar-refractivity contribution in [2.45, 2.75) is 6.42 Å². The average Bonchev–Trinajstić information content (AvgIpc) is 2.91. The van der Waals surface area contributed by atoms with E-state index in [0.717, 1.165) is 15.8 Å². The maximum Gasteiger partial charge on any atom is 0.197 e. The number of hydrogen-bond acceptors (Lipinski definition) is 5. The van der Waals surface area contributed by atoms with E-state index >= 15 is 0 Å². The lowest BCUT2D eigenvalue weighted by Gasteiger charge is -2.03. The number of nitrogens with zero attached hydrogens (tertiary/aromatic N) is 1. The van der Waals surface area contributed by atoms with Crippen LogP contribution in [0, 0.1) is 0 Å². The van der Waals surface area contributed by atoms with Crippen LogP contribution in [0.4, 0.5) is 5.13 Å². The Labute approximate surface area is 129 Å². The van der Waals surface area contributed by atoms with Crippen LogP contribution >= 0.6 is 11.3 Å². The first-order valence-corrected chi connectivity index (χ1v) is 7.67. The molecule has 0 atom stereocenters. The largest absolute Gasteiger partial charge is 0.464 e. The molecule has 4 nitrogen and oxygen atoms in total. The number of rotatable bonds is 2. The third kappa shape index (κ3) is 2.07. The fraction of sp³-hybridized carbons (Fsp3) is 0.0588. The van der Waals surface area contributed by atoms with Gasteiger partial charge >= 0.3 is 0 Å². The molecule has 2 N–H and O–H groups in total. The van der Waals surface area contributed by atoms with Crippen LogP contribution in [0.1, 0.15) is 11.1 Å². The molecule has 2 aromatic carbocycles. The van der Waals surface area contributed by atoms with E-state index in [4.69, 9.17) is 10.2 Å². The highest BCUT2D eigenvalue weighted by molar-refractivity contribution is 7.22. The molecule has 2 heterocycles. The van der Waals surface area contributed by atoms with Gasteiger partial charge in [0.05, 0.1) is 21.9 Å². The summed E-state index contributed by atoms with van der Waals surface area (Å²) in [6.45, 7) is 0. The molecule has 0 amide bonds. The summed E-state index contributed by atoms with van der Waals surface area (Å²) in [5, 5.41) is 1.02. The molecule has 22 heavy (non-hydrogen) atoms. The molecule has 0 bridgehead atoms. The van der Waals surface area contributed by atoms with Crippen LogP contribution in [0.3, 0.4) is 0 Å². The van der Waals surface area contributed by atoms with Crippen LogP contribution in [0.2, 0.25) is 0 Å². The topological polar surface area (TPSA) is 69.1 Å². The van der Waals surface area contributed by atoms with E-state index < -0.39 is 0 Å². The van der Waals surface area contributed by atoms with Crippen molar-refractivity contribution < 1.29 is 4.42 Å². The number of hydrogen-bond donors (Lipinski definition) is 1. The predicted molar refractivity (Wildman–Crippen MR) is 89.3 cm³/mol. The molecule has 4 rings (SSSR count). The first-order chi connectivity index (χ1) is 10.7. The monoisotopic (exact) mass is 308 g/mol. The molecule has 0 aliphatic rings. The number of thiazole rings is 1. The number of nitrogens with two attached hydrogens (primary N) is 1. The summed E-state index contributed by atoms with van der Waals surface area (Å²) in [7, 11) is 0. The van der Waals surface area contributed by atoms with Crippen molar-refractivity contribution in [1.29, 1.82) is 0 Å². The summed E-state index contributed by atoms with van der Waals surface area (Å²) in [6, 6.07) is 13.5. The van der Waals surface area contributed by atoms with E-state index in [0.29, 0.717) is 28.1 Å². The first kappa shape index (κ1) is 13.0. The Morgan fingerprint density at radius 3 is 2.77 bits per heavy atom. The quantitative estimate of drug-likeness (QED) is 0.614. The smallest absolute Gasteiger partial charge is 0.197 e. The summed E-state index contributed by atoms with van der Waals surface area (Å²) in [6.07, 6.45) is 2.09. The minimum Gasteiger partial charge on any atom is -0.464 e. The lowest BCUT2D eigenvalue weighted by molar-refractivity contribution is 0.595. The molecule has 2 aromatic heterocycles. The molecule has 0 aliphatic heterocycles. The zero-order valence-corrected chi connectivity index (χ0v) is 12.4. The van der Waals surface area contributed by atoms with Gasteiger partial charge in [-0.2, -0.15) is 0 Å². The van der Waals surface area contributed by atoms with Gasteiger partial charge in [0.25, 0.3) is 0 Å². The number of anilines is 1. The Morgan fingerprint density at radius 2 is 1.95 bits per heavy atom. The van der Waals surface area contributed by atoms with Crippen LogP contribution in [0.5, 0.6) is 0 Å². The molecular formula is C17H12N2O2S. The van der Waals surface area contributed by atoms with Crippen molar-refractivity contribution >= 4 is 37.7 Å².